The van der Waals surface area contributed by atoms with Crippen molar-refractivity contribution in [2.24, 2.45) is 0 Å². The fraction of sp³-hybridized carbons (Fsp3) is 0.192. The largest absolute Gasteiger partial charge is 0.465 e. The predicted molar refractivity (Wildman–Crippen MR) is 124 cm³/mol. The summed E-state index contributed by atoms with van der Waals surface area (Å²) in [6.45, 7) is 1.04. The van der Waals surface area contributed by atoms with Crippen LogP contribution < -0.4 is 14.4 Å². The molecule has 0 saturated heterocycles. The minimum absolute atomic E-state index is 0.213. The highest BCUT2D eigenvalue weighted by atomic mass is 16.7. The van der Waals surface area contributed by atoms with Crippen LogP contribution in [0.4, 0.5) is 11.5 Å². The molecule has 3 heterocycles. The van der Waals surface area contributed by atoms with E-state index in [1.54, 1.807) is 18.2 Å². The normalized spacial score (nSPS) is 14.3. The van der Waals surface area contributed by atoms with Gasteiger partial charge in [0.2, 0.25) is 6.79 Å². The number of aromatic nitrogens is 2. The zero-order valence-corrected chi connectivity index (χ0v) is 18.1. The highest BCUT2D eigenvalue weighted by molar-refractivity contribution is 5.95. The van der Waals surface area contributed by atoms with Crippen molar-refractivity contribution in [2.45, 2.75) is 12.8 Å². The van der Waals surface area contributed by atoms with E-state index in [-0.39, 0.29) is 6.79 Å². The van der Waals surface area contributed by atoms with E-state index in [2.05, 4.69) is 23.1 Å². The van der Waals surface area contributed by atoms with Crippen molar-refractivity contribution in [3.63, 3.8) is 0 Å². The quantitative estimate of drug-likeness (QED) is 0.421. The fourth-order valence-corrected chi connectivity index (χ4v) is 4.47. The number of aryl methyl sites for hydroxylation is 1. The Labute approximate surface area is 190 Å². The number of carbonyl (C=O) groups is 1. The molecule has 6 rings (SSSR count). The number of anilines is 2. The van der Waals surface area contributed by atoms with Gasteiger partial charge in [0.15, 0.2) is 17.3 Å². The number of carbonyl (C=O) groups excluding carboxylic acids is 1. The topological polar surface area (TPSA) is 73.8 Å². The molecule has 1 aromatic heterocycles. The minimum atomic E-state index is -0.400. The van der Waals surface area contributed by atoms with Crippen LogP contribution in [0.5, 0.6) is 11.5 Å². The molecule has 2 aliphatic heterocycles. The van der Waals surface area contributed by atoms with E-state index in [4.69, 9.17) is 24.2 Å². The third-order valence-corrected chi connectivity index (χ3v) is 6.08. The molecule has 164 valence electrons. The Morgan fingerprint density at radius 2 is 1.85 bits per heavy atom. The van der Waals surface area contributed by atoms with Gasteiger partial charge in [-0.05, 0) is 60.9 Å². The number of fused-ring (bicyclic) bond motifs is 3. The van der Waals surface area contributed by atoms with Crippen LogP contribution in [0.2, 0.25) is 0 Å². The molecule has 0 radical (unpaired) electrons. The van der Waals surface area contributed by atoms with Crippen molar-refractivity contribution in [2.75, 3.05) is 25.3 Å². The maximum absolute atomic E-state index is 12.1. The van der Waals surface area contributed by atoms with Gasteiger partial charge in [0, 0.05) is 17.8 Å². The summed E-state index contributed by atoms with van der Waals surface area (Å²) < 4.78 is 16.0. The van der Waals surface area contributed by atoms with E-state index in [1.165, 1.54) is 12.7 Å². The lowest BCUT2D eigenvalue weighted by molar-refractivity contribution is 0.0601. The van der Waals surface area contributed by atoms with Crippen LogP contribution in [-0.4, -0.2) is 36.4 Å². The third-order valence-electron chi connectivity index (χ3n) is 6.08. The van der Waals surface area contributed by atoms with Gasteiger partial charge >= 0.3 is 5.97 Å². The molecule has 0 fully saturated rings. The number of methoxy groups -OCH3 is 1. The summed E-state index contributed by atoms with van der Waals surface area (Å²) in [4.78, 5) is 24.3. The molecule has 3 aromatic carbocycles. The Hall–Kier alpha value is -4.13. The zero-order valence-electron chi connectivity index (χ0n) is 18.1. The molecule has 0 aliphatic carbocycles. The van der Waals surface area contributed by atoms with Crippen molar-refractivity contribution in [1.29, 1.82) is 0 Å². The lowest BCUT2D eigenvalue weighted by Crippen LogP contribution is -2.26. The molecule has 0 spiro atoms. The molecule has 0 saturated carbocycles. The number of rotatable bonds is 3. The highest BCUT2D eigenvalue weighted by Gasteiger charge is 2.25. The van der Waals surface area contributed by atoms with Gasteiger partial charge in [-0.15, -0.1) is 0 Å². The maximum Gasteiger partial charge on any atom is 0.337 e. The molecular formula is C26H21N3O4. The Balaban J connectivity index is 1.58. The van der Waals surface area contributed by atoms with Gasteiger partial charge in [-0.25, -0.2) is 14.8 Å². The monoisotopic (exact) mass is 439 g/mol. The second-order valence-electron chi connectivity index (χ2n) is 8.04. The van der Waals surface area contributed by atoms with Crippen LogP contribution in [-0.2, 0) is 11.2 Å². The summed E-state index contributed by atoms with van der Waals surface area (Å²) in [5, 5.41) is 0. The summed E-state index contributed by atoms with van der Waals surface area (Å²) in [6.07, 6.45) is 2.04. The highest BCUT2D eigenvalue weighted by Crippen LogP contribution is 2.41. The summed E-state index contributed by atoms with van der Waals surface area (Å²) in [5.41, 5.74) is 5.84. The standard InChI is InChI=1S/C26H21N3O4/c1-31-26(30)18-8-10-19-20(13-18)28-25(29-12-4-6-16-5-2-3-7-21(16)29)24(27-19)17-9-11-22-23(14-17)33-15-32-22/h2-3,5,7-11,13-14H,4,6,12,15H2,1H3. The van der Waals surface area contributed by atoms with Crippen LogP contribution in [0.15, 0.2) is 60.7 Å². The number of nitrogens with zero attached hydrogens (tertiary/aromatic N) is 3. The SMILES string of the molecule is COC(=O)c1ccc2nc(-c3ccc4c(c3)OCO4)c(N3CCCc4ccccc43)nc2c1. The van der Waals surface area contributed by atoms with Crippen molar-refractivity contribution >= 4 is 28.5 Å². The molecule has 2 aliphatic rings. The van der Waals surface area contributed by atoms with Crippen molar-refractivity contribution in [1.82, 2.24) is 9.97 Å². The summed E-state index contributed by atoms with van der Waals surface area (Å²) in [7, 11) is 1.37. The lowest BCUT2D eigenvalue weighted by atomic mass is 10.0. The lowest BCUT2D eigenvalue weighted by Gasteiger charge is -2.31. The number of hydrogen-bond donors (Lipinski definition) is 0. The van der Waals surface area contributed by atoms with E-state index in [9.17, 15) is 4.79 Å². The summed E-state index contributed by atoms with van der Waals surface area (Å²) >= 11 is 0. The maximum atomic E-state index is 12.1. The van der Waals surface area contributed by atoms with E-state index >= 15 is 0 Å². The van der Waals surface area contributed by atoms with E-state index in [1.807, 2.05) is 24.3 Å². The Kier molecular flexibility index (Phi) is 4.61. The summed E-state index contributed by atoms with van der Waals surface area (Å²) in [6, 6.07) is 19.5. The molecule has 0 bridgehead atoms. The van der Waals surface area contributed by atoms with Crippen LogP contribution in [0.25, 0.3) is 22.3 Å². The van der Waals surface area contributed by atoms with Gasteiger partial charge in [0.05, 0.1) is 23.7 Å². The molecule has 7 nitrogen and oxygen atoms in total. The van der Waals surface area contributed by atoms with Gasteiger partial charge < -0.3 is 19.1 Å². The number of hydrogen-bond acceptors (Lipinski definition) is 7. The second kappa shape index (κ2) is 7.78. The Morgan fingerprint density at radius 1 is 0.970 bits per heavy atom. The predicted octanol–water partition coefficient (Wildman–Crippen LogP) is 4.90. The first kappa shape index (κ1) is 19.5. The summed E-state index contributed by atoms with van der Waals surface area (Å²) in [5.74, 6) is 1.76. The molecule has 0 unspecified atom stereocenters. The van der Waals surface area contributed by atoms with Gasteiger partial charge in [0.25, 0.3) is 0 Å². The second-order valence-corrected chi connectivity index (χ2v) is 8.04. The van der Waals surface area contributed by atoms with Crippen LogP contribution >= 0.6 is 0 Å². The van der Waals surface area contributed by atoms with Gasteiger partial charge in [-0.2, -0.15) is 0 Å². The first-order chi connectivity index (χ1) is 16.2. The Morgan fingerprint density at radius 3 is 2.76 bits per heavy atom. The van der Waals surface area contributed by atoms with E-state index in [0.29, 0.717) is 22.3 Å². The van der Waals surface area contributed by atoms with Crippen molar-refractivity contribution in [3.05, 3.63) is 71.8 Å². The molecule has 33 heavy (non-hydrogen) atoms. The number of benzene rings is 3. The number of ether oxygens (including phenoxy) is 3. The average Bonchev–Trinajstić information content (AvgIpc) is 3.35. The van der Waals surface area contributed by atoms with Crippen LogP contribution in [0.1, 0.15) is 22.3 Å². The fourth-order valence-electron chi connectivity index (χ4n) is 4.47. The number of esters is 1. The van der Waals surface area contributed by atoms with Crippen LogP contribution in [0.3, 0.4) is 0 Å². The Bertz CT molecular complexity index is 1400. The zero-order chi connectivity index (χ0) is 22.4. The van der Waals surface area contributed by atoms with E-state index < -0.39 is 5.97 Å². The molecule has 0 amide bonds. The number of para-hydroxylation sites is 1. The van der Waals surface area contributed by atoms with Crippen molar-refractivity contribution < 1.29 is 19.0 Å². The van der Waals surface area contributed by atoms with Crippen molar-refractivity contribution in [3.8, 4) is 22.8 Å². The van der Waals surface area contributed by atoms with Crippen LogP contribution in [0, 0.1) is 0 Å². The smallest absolute Gasteiger partial charge is 0.337 e. The molecule has 0 atom stereocenters. The van der Waals surface area contributed by atoms with Gasteiger partial charge in [-0.3, -0.25) is 0 Å². The van der Waals surface area contributed by atoms with Gasteiger partial charge in [-0.1, -0.05) is 18.2 Å². The first-order valence-electron chi connectivity index (χ1n) is 10.9. The average molecular weight is 439 g/mol. The van der Waals surface area contributed by atoms with Gasteiger partial charge in [0.1, 0.15) is 5.69 Å². The molecule has 0 N–H and O–H groups in total. The van der Waals surface area contributed by atoms with E-state index in [0.717, 1.165) is 47.9 Å². The molecular weight excluding hydrogens is 418 g/mol. The molecule has 4 aromatic rings. The molecule has 7 heteroatoms. The minimum Gasteiger partial charge on any atom is -0.465 e. The first-order valence-corrected chi connectivity index (χ1v) is 10.9. The third kappa shape index (κ3) is 3.33.